The molecule has 0 aliphatic rings. The Labute approximate surface area is 125 Å². The minimum atomic E-state index is -3.46. The van der Waals surface area contributed by atoms with Crippen molar-refractivity contribution in [3.8, 4) is 0 Å². The second kappa shape index (κ2) is 10.6. The summed E-state index contributed by atoms with van der Waals surface area (Å²) in [7, 11) is -3.46. The summed E-state index contributed by atoms with van der Waals surface area (Å²) >= 11 is 0. The van der Waals surface area contributed by atoms with E-state index in [1.807, 2.05) is 0 Å². The third-order valence-electron chi connectivity index (χ3n) is 3.62. The maximum Gasteiger partial charge on any atom is 0.209 e. The Bertz CT molecular complexity index is 322. The molecule has 0 heterocycles. The molecular weight excluding hydrogens is 274 g/mol. The summed E-state index contributed by atoms with van der Waals surface area (Å²) in [5, 5.41) is 5.27. The van der Waals surface area contributed by atoms with Crippen molar-refractivity contribution in [3.63, 3.8) is 0 Å². The van der Waals surface area contributed by atoms with E-state index in [9.17, 15) is 8.42 Å². The molecular formula is C15H33NO3S. The third-order valence-corrected chi connectivity index (χ3v) is 4.63. The third kappa shape index (κ3) is 9.72. The number of hydrogen-bond acceptors (Lipinski definition) is 3. The average Bonchev–Trinajstić information content (AvgIpc) is 2.32. The number of primary sulfonamides is 1. The maximum atomic E-state index is 11.5. The predicted octanol–water partition coefficient (Wildman–Crippen LogP) is 3.46. The van der Waals surface area contributed by atoms with E-state index in [4.69, 9.17) is 9.88 Å². The van der Waals surface area contributed by atoms with Crippen LogP contribution in [0.25, 0.3) is 0 Å². The van der Waals surface area contributed by atoms with Gasteiger partial charge < -0.3 is 4.74 Å². The van der Waals surface area contributed by atoms with Gasteiger partial charge in [-0.05, 0) is 19.3 Å². The molecule has 0 rings (SSSR count). The zero-order valence-corrected chi connectivity index (χ0v) is 14.3. The van der Waals surface area contributed by atoms with E-state index >= 15 is 0 Å². The van der Waals surface area contributed by atoms with Crippen LogP contribution in [0.5, 0.6) is 0 Å². The van der Waals surface area contributed by atoms with Gasteiger partial charge in [-0.15, -0.1) is 0 Å². The van der Waals surface area contributed by atoms with Crippen molar-refractivity contribution in [1.29, 1.82) is 0 Å². The highest BCUT2D eigenvalue weighted by atomic mass is 32.2. The fourth-order valence-corrected chi connectivity index (χ4v) is 4.09. The van der Waals surface area contributed by atoms with Crippen molar-refractivity contribution in [1.82, 2.24) is 0 Å². The minimum Gasteiger partial charge on any atom is -0.381 e. The van der Waals surface area contributed by atoms with Crippen LogP contribution in [-0.4, -0.2) is 27.4 Å². The van der Waals surface area contributed by atoms with E-state index in [1.54, 1.807) is 0 Å². The lowest BCUT2D eigenvalue weighted by molar-refractivity contribution is 0.0418. The van der Waals surface area contributed by atoms with Crippen molar-refractivity contribution in [2.24, 2.45) is 10.6 Å². The molecule has 0 aliphatic carbocycles. The van der Waals surface area contributed by atoms with Gasteiger partial charge in [0.15, 0.2) is 0 Å². The summed E-state index contributed by atoms with van der Waals surface area (Å²) in [6, 6.07) is 0. The molecule has 0 spiro atoms. The van der Waals surface area contributed by atoms with Crippen molar-refractivity contribution in [2.75, 3.05) is 19.0 Å². The number of rotatable bonds is 13. The van der Waals surface area contributed by atoms with Crippen molar-refractivity contribution >= 4 is 10.0 Å². The lowest BCUT2D eigenvalue weighted by Crippen LogP contribution is -2.37. The molecule has 0 fully saturated rings. The summed E-state index contributed by atoms with van der Waals surface area (Å²) < 4.78 is 28.8. The first kappa shape index (κ1) is 19.9. The van der Waals surface area contributed by atoms with Crippen LogP contribution in [0.2, 0.25) is 0 Å². The van der Waals surface area contributed by atoms with Gasteiger partial charge in [0.2, 0.25) is 10.0 Å². The first-order valence-electron chi connectivity index (χ1n) is 7.97. The molecule has 0 saturated carbocycles. The Kier molecular flexibility index (Phi) is 10.5. The minimum absolute atomic E-state index is 0.0383. The number of sulfonamides is 1. The number of ether oxygens (including phenoxy) is 1. The lowest BCUT2D eigenvalue weighted by Gasteiger charge is -2.32. The molecule has 0 amide bonds. The summed E-state index contributed by atoms with van der Waals surface area (Å²) in [6.07, 6.45) is 8.29. The van der Waals surface area contributed by atoms with Crippen molar-refractivity contribution in [3.05, 3.63) is 0 Å². The molecule has 20 heavy (non-hydrogen) atoms. The molecule has 0 aliphatic heterocycles. The molecule has 5 heteroatoms. The maximum absolute atomic E-state index is 11.5. The predicted molar refractivity (Wildman–Crippen MR) is 85.2 cm³/mol. The van der Waals surface area contributed by atoms with E-state index in [-0.39, 0.29) is 11.2 Å². The summed E-state index contributed by atoms with van der Waals surface area (Å²) in [4.78, 5) is 0. The molecule has 122 valence electrons. The smallest absolute Gasteiger partial charge is 0.209 e. The molecule has 2 N–H and O–H groups in total. The number of nitrogens with two attached hydrogens (primary N) is 1. The highest BCUT2D eigenvalue weighted by Crippen LogP contribution is 2.31. The molecule has 0 bridgehead atoms. The molecule has 0 aromatic carbocycles. The topological polar surface area (TPSA) is 69.4 Å². The summed E-state index contributed by atoms with van der Waals surface area (Å²) in [5.41, 5.74) is -0.304. The first-order valence-corrected chi connectivity index (χ1v) is 9.69. The van der Waals surface area contributed by atoms with E-state index < -0.39 is 10.0 Å². The van der Waals surface area contributed by atoms with E-state index in [0.29, 0.717) is 6.61 Å². The number of hydrogen-bond donors (Lipinski definition) is 1. The molecule has 0 saturated heterocycles. The van der Waals surface area contributed by atoms with Crippen LogP contribution < -0.4 is 5.14 Å². The summed E-state index contributed by atoms with van der Waals surface area (Å²) in [6.45, 7) is 7.57. The van der Waals surface area contributed by atoms with Crippen molar-refractivity contribution < 1.29 is 13.2 Å². The van der Waals surface area contributed by atoms with Gasteiger partial charge in [-0.25, -0.2) is 13.6 Å². The summed E-state index contributed by atoms with van der Waals surface area (Å²) in [5.74, 6) is 0.0383. The monoisotopic (exact) mass is 307 g/mol. The van der Waals surface area contributed by atoms with Crippen LogP contribution >= 0.6 is 0 Å². The first-order chi connectivity index (χ1) is 9.39. The molecule has 4 nitrogen and oxygen atoms in total. The van der Waals surface area contributed by atoms with Crippen LogP contribution in [0.3, 0.4) is 0 Å². The Morgan fingerprint density at radius 2 is 1.55 bits per heavy atom. The van der Waals surface area contributed by atoms with Crippen LogP contribution in [0.15, 0.2) is 0 Å². The Morgan fingerprint density at radius 3 is 2.00 bits per heavy atom. The van der Waals surface area contributed by atoms with Crippen LogP contribution in [-0.2, 0) is 14.8 Å². The highest BCUT2D eigenvalue weighted by Gasteiger charge is 2.33. The van der Waals surface area contributed by atoms with Crippen molar-refractivity contribution in [2.45, 2.75) is 72.1 Å². The van der Waals surface area contributed by atoms with Gasteiger partial charge in [-0.3, -0.25) is 0 Å². The second-order valence-electron chi connectivity index (χ2n) is 5.92. The normalized spacial score (nSPS) is 12.8. The van der Waals surface area contributed by atoms with Crippen LogP contribution in [0.1, 0.15) is 72.1 Å². The lowest BCUT2D eigenvalue weighted by atomic mass is 9.82. The molecule has 0 atom stereocenters. The van der Waals surface area contributed by atoms with E-state index in [2.05, 4.69) is 20.8 Å². The van der Waals surface area contributed by atoms with Crippen LogP contribution in [0, 0.1) is 5.41 Å². The van der Waals surface area contributed by atoms with Gasteiger partial charge in [-0.2, -0.15) is 0 Å². The molecule has 0 unspecified atom stereocenters. The van der Waals surface area contributed by atoms with Gasteiger partial charge in [0.1, 0.15) is 0 Å². The van der Waals surface area contributed by atoms with E-state index in [1.165, 1.54) is 19.3 Å². The van der Waals surface area contributed by atoms with Gasteiger partial charge in [-0.1, -0.05) is 52.9 Å². The fraction of sp³-hybridized carbons (Fsp3) is 1.00. The van der Waals surface area contributed by atoms with Crippen LogP contribution in [0.4, 0.5) is 0 Å². The molecule has 0 radical (unpaired) electrons. The van der Waals surface area contributed by atoms with Gasteiger partial charge >= 0.3 is 0 Å². The highest BCUT2D eigenvalue weighted by molar-refractivity contribution is 7.89. The Hall–Kier alpha value is -0.130. The van der Waals surface area contributed by atoms with E-state index in [0.717, 1.165) is 38.7 Å². The molecule has 0 aromatic heterocycles. The zero-order valence-electron chi connectivity index (χ0n) is 13.5. The number of unbranched alkanes of at least 4 members (excludes halogenated alkanes) is 3. The largest absolute Gasteiger partial charge is 0.381 e. The quantitative estimate of drug-likeness (QED) is 0.530. The zero-order chi connectivity index (χ0) is 15.5. The average molecular weight is 308 g/mol. The van der Waals surface area contributed by atoms with Gasteiger partial charge in [0, 0.05) is 12.0 Å². The molecule has 0 aromatic rings. The SMILES string of the molecule is CCCCCCOCC(CCC)(CCC)CS(N)(=O)=O. The van der Waals surface area contributed by atoms with Gasteiger partial charge in [0.25, 0.3) is 0 Å². The Balaban J connectivity index is 4.42. The standard InChI is InChI=1S/C15H33NO3S/c1-4-7-8-9-12-19-13-15(10-5-2,11-6-3)14-20(16,17)18/h4-14H2,1-3H3,(H2,16,17,18). The fourth-order valence-electron chi connectivity index (χ4n) is 2.86. The Morgan fingerprint density at radius 1 is 0.950 bits per heavy atom. The van der Waals surface area contributed by atoms with Gasteiger partial charge in [0.05, 0.1) is 12.4 Å². The second-order valence-corrected chi connectivity index (χ2v) is 7.53.